The number of carbonyl (C=O) groups is 2. The molecule has 8 heteroatoms. The van der Waals surface area contributed by atoms with Gasteiger partial charge in [-0.15, -0.1) is 0 Å². The third-order valence-corrected chi connectivity index (χ3v) is 2.38. The van der Waals surface area contributed by atoms with Gasteiger partial charge in [0.05, 0.1) is 6.42 Å². The van der Waals surface area contributed by atoms with Crippen molar-refractivity contribution in [2.75, 3.05) is 26.2 Å². The zero-order chi connectivity index (χ0) is 15.1. The van der Waals surface area contributed by atoms with Crippen molar-refractivity contribution in [1.82, 2.24) is 9.80 Å². The lowest BCUT2D eigenvalue weighted by Crippen LogP contribution is -2.47. The Labute approximate surface area is 110 Å². The van der Waals surface area contributed by atoms with E-state index in [4.69, 9.17) is 5.11 Å². The number of carboxylic acids is 1. The van der Waals surface area contributed by atoms with Crippen LogP contribution in [0.5, 0.6) is 0 Å². The van der Waals surface area contributed by atoms with Crippen molar-refractivity contribution >= 4 is 12.0 Å². The highest BCUT2D eigenvalue weighted by Crippen LogP contribution is 2.17. The van der Waals surface area contributed by atoms with Gasteiger partial charge in [-0.3, -0.25) is 4.79 Å². The van der Waals surface area contributed by atoms with E-state index in [0.29, 0.717) is 11.3 Å². The highest BCUT2D eigenvalue weighted by molar-refractivity contribution is 5.75. The predicted octanol–water partition coefficient (Wildman–Crippen LogP) is 2.18. The van der Waals surface area contributed by atoms with Gasteiger partial charge in [0.1, 0.15) is 6.54 Å². The SMILES string of the molecule is CCCN(CC(F)(F)F)C(=O)N(CC)CCC(=O)O. The van der Waals surface area contributed by atoms with Crippen LogP contribution in [0.15, 0.2) is 0 Å². The molecule has 0 aromatic rings. The molecule has 5 nitrogen and oxygen atoms in total. The van der Waals surface area contributed by atoms with Crippen molar-refractivity contribution in [1.29, 1.82) is 0 Å². The van der Waals surface area contributed by atoms with Crippen LogP contribution in [0, 0.1) is 0 Å². The van der Waals surface area contributed by atoms with Crippen molar-refractivity contribution in [3.8, 4) is 0 Å². The molecule has 0 aromatic carbocycles. The Balaban J connectivity index is 4.69. The van der Waals surface area contributed by atoms with E-state index < -0.39 is 24.7 Å². The normalized spacial score (nSPS) is 11.2. The molecule has 0 unspecified atom stereocenters. The van der Waals surface area contributed by atoms with Gasteiger partial charge in [-0.2, -0.15) is 13.2 Å². The number of aliphatic carboxylic acids is 1. The Bertz CT molecular complexity index is 308. The monoisotopic (exact) mass is 284 g/mol. The minimum Gasteiger partial charge on any atom is -0.481 e. The fourth-order valence-electron chi connectivity index (χ4n) is 1.55. The highest BCUT2D eigenvalue weighted by atomic mass is 19.4. The topological polar surface area (TPSA) is 60.9 Å². The molecule has 0 saturated heterocycles. The summed E-state index contributed by atoms with van der Waals surface area (Å²) in [6.07, 6.45) is -4.35. The van der Waals surface area contributed by atoms with Crippen LogP contribution in [-0.2, 0) is 4.79 Å². The minimum absolute atomic E-state index is 0.0120. The van der Waals surface area contributed by atoms with Crippen LogP contribution >= 0.6 is 0 Å². The molecule has 19 heavy (non-hydrogen) atoms. The van der Waals surface area contributed by atoms with E-state index in [1.807, 2.05) is 0 Å². The smallest absolute Gasteiger partial charge is 0.406 e. The second-order valence-corrected chi connectivity index (χ2v) is 4.04. The number of amides is 2. The molecule has 0 aliphatic carbocycles. The molecular formula is C11H19F3N2O3. The van der Waals surface area contributed by atoms with Gasteiger partial charge in [0.2, 0.25) is 0 Å². The molecular weight excluding hydrogens is 265 g/mol. The first-order chi connectivity index (χ1) is 8.71. The number of hydrogen-bond acceptors (Lipinski definition) is 2. The predicted molar refractivity (Wildman–Crippen MR) is 62.8 cm³/mol. The van der Waals surface area contributed by atoms with Crippen LogP contribution < -0.4 is 0 Å². The summed E-state index contributed by atoms with van der Waals surface area (Å²) in [5, 5.41) is 8.54. The van der Waals surface area contributed by atoms with E-state index in [1.54, 1.807) is 13.8 Å². The van der Waals surface area contributed by atoms with Gasteiger partial charge < -0.3 is 14.9 Å². The number of hydrogen-bond donors (Lipinski definition) is 1. The van der Waals surface area contributed by atoms with Crippen molar-refractivity contribution in [2.45, 2.75) is 32.9 Å². The first kappa shape index (κ1) is 17.5. The molecule has 0 heterocycles. The molecule has 1 N–H and O–H groups in total. The third kappa shape index (κ3) is 7.53. The van der Waals surface area contributed by atoms with Gasteiger partial charge in [-0.05, 0) is 13.3 Å². The van der Waals surface area contributed by atoms with Crippen LogP contribution in [0.2, 0.25) is 0 Å². The van der Waals surface area contributed by atoms with E-state index in [-0.39, 0.29) is 26.1 Å². The molecule has 0 saturated carbocycles. The van der Waals surface area contributed by atoms with Crippen LogP contribution in [0.4, 0.5) is 18.0 Å². The van der Waals surface area contributed by atoms with Crippen molar-refractivity contribution in [3.05, 3.63) is 0 Å². The zero-order valence-corrected chi connectivity index (χ0v) is 11.0. The van der Waals surface area contributed by atoms with E-state index in [0.717, 1.165) is 4.90 Å². The molecule has 0 spiro atoms. The van der Waals surface area contributed by atoms with E-state index in [9.17, 15) is 22.8 Å². The van der Waals surface area contributed by atoms with E-state index >= 15 is 0 Å². The Hall–Kier alpha value is -1.47. The molecule has 0 fully saturated rings. The van der Waals surface area contributed by atoms with Gasteiger partial charge in [0.25, 0.3) is 0 Å². The number of rotatable bonds is 7. The van der Waals surface area contributed by atoms with E-state index in [2.05, 4.69) is 0 Å². The first-order valence-corrected chi connectivity index (χ1v) is 6.03. The second kappa shape index (κ2) is 7.85. The molecule has 0 radical (unpaired) electrons. The Morgan fingerprint density at radius 3 is 2.05 bits per heavy atom. The number of carboxylic acid groups (broad SMARTS) is 1. The summed E-state index contributed by atoms with van der Waals surface area (Å²) in [4.78, 5) is 24.2. The van der Waals surface area contributed by atoms with Crippen molar-refractivity contribution < 1.29 is 27.9 Å². The van der Waals surface area contributed by atoms with Crippen LogP contribution in [-0.4, -0.2) is 59.3 Å². The number of nitrogens with zero attached hydrogens (tertiary/aromatic N) is 2. The maximum atomic E-state index is 12.4. The van der Waals surface area contributed by atoms with Gasteiger partial charge in [-0.1, -0.05) is 6.92 Å². The van der Waals surface area contributed by atoms with Crippen LogP contribution in [0.1, 0.15) is 26.7 Å². The summed E-state index contributed by atoms with van der Waals surface area (Å²) >= 11 is 0. The first-order valence-electron chi connectivity index (χ1n) is 6.03. The number of alkyl halides is 3. The quantitative estimate of drug-likeness (QED) is 0.779. The minimum atomic E-state index is -4.46. The number of carbonyl (C=O) groups excluding carboxylic acids is 1. The molecule has 0 aromatic heterocycles. The molecule has 0 rings (SSSR count). The Morgan fingerprint density at radius 2 is 1.68 bits per heavy atom. The standard InChI is InChI=1S/C11H19F3N2O3/c1-3-6-16(8-11(12,13)14)10(19)15(4-2)7-5-9(17)18/h3-8H2,1-2H3,(H,17,18). The van der Waals surface area contributed by atoms with Crippen LogP contribution in [0.3, 0.4) is 0 Å². The van der Waals surface area contributed by atoms with Gasteiger partial charge in [0.15, 0.2) is 0 Å². The number of halogens is 3. The van der Waals surface area contributed by atoms with Crippen molar-refractivity contribution in [3.63, 3.8) is 0 Å². The molecule has 2 amide bonds. The fraction of sp³-hybridized carbons (Fsp3) is 0.818. The average molecular weight is 284 g/mol. The Morgan fingerprint density at radius 1 is 1.11 bits per heavy atom. The fourth-order valence-corrected chi connectivity index (χ4v) is 1.55. The summed E-state index contributed by atoms with van der Waals surface area (Å²) in [6.45, 7) is 2.01. The average Bonchev–Trinajstić information content (AvgIpc) is 2.26. The summed E-state index contributed by atoms with van der Waals surface area (Å²) in [7, 11) is 0. The number of urea groups is 1. The van der Waals surface area contributed by atoms with Gasteiger partial charge in [-0.25, -0.2) is 4.79 Å². The zero-order valence-electron chi connectivity index (χ0n) is 11.0. The second-order valence-electron chi connectivity index (χ2n) is 4.04. The molecule has 0 aliphatic rings. The summed E-state index contributed by atoms with van der Waals surface area (Å²) in [5.74, 6) is -1.09. The van der Waals surface area contributed by atoms with E-state index in [1.165, 1.54) is 0 Å². The largest absolute Gasteiger partial charge is 0.481 e. The molecule has 0 aliphatic heterocycles. The molecule has 0 atom stereocenters. The maximum absolute atomic E-state index is 12.4. The maximum Gasteiger partial charge on any atom is 0.406 e. The molecule has 112 valence electrons. The van der Waals surface area contributed by atoms with Gasteiger partial charge >= 0.3 is 18.2 Å². The summed E-state index contributed by atoms with van der Waals surface area (Å²) < 4.78 is 37.1. The van der Waals surface area contributed by atoms with Gasteiger partial charge in [0, 0.05) is 19.6 Å². The lowest BCUT2D eigenvalue weighted by Gasteiger charge is -2.30. The Kier molecular flexibility index (Phi) is 7.25. The third-order valence-electron chi connectivity index (χ3n) is 2.38. The molecule has 0 bridgehead atoms. The van der Waals surface area contributed by atoms with Crippen molar-refractivity contribution in [2.24, 2.45) is 0 Å². The lowest BCUT2D eigenvalue weighted by molar-refractivity contribution is -0.142. The lowest BCUT2D eigenvalue weighted by atomic mass is 10.3. The van der Waals surface area contributed by atoms with Crippen LogP contribution in [0.25, 0.3) is 0 Å². The summed E-state index contributed by atoms with van der Waals surface area (Å²) in [6, 6.07) is -0.775. The summed E-state index contributed by atoms with van der Waals surface area (Å²) in [5.41, 5.74) is 0. The highest BCUT2D eigenvalue weighted by Gasteiger charge is 2.34.